The van der Waals surface area contributed by atoms with Gasteiger partial charge in [0, 0.05) is 28.9 Å². The van der Waals surface area contributed by atoms with Crippen LogP contribution in [0.5, 0.6) is 0 Å². The van der Waals surface area contributed by atoms with E-state index in [-0.39, 0.29) is 24.4 Å². The fourth-order valence-electron chi connectivity index (χ4n) is 2.71. The van der Waals surface area contributed by atoms with Crippen LogP contribution in [0.2, 0.25) is 0 Å². The second-order valence-corrected chi connectivity index (χ2v) is 6.68. The number of nitrogens with two attached hydrogens (primary N) is 1. The molecule has 1 saturated heterocycles. The number of hydrogen-bond acceptors (Lipinski definition) is 3. The van der Waals surface area contributed by atoms with E-state index in [0.29, 0.717) is 6.54 Å². The molecule has 0 radical (unpaired) electrons. The molecule has 0 aromatic heterocycles. The van der Waals surface area contributed by atoms with Crippen LogP contribution in [-0.4, -0.2) is 29.9 Å². The third kappa shape index (κ3) is 4.50. The first-order valence-corrected chi connectivity index (χ1v) is 8.42. The Morgan fingerprint density at radius 2 is 1.78 bits per heavy atom. The number of amides is 1. The zero-order valence-corrected chi connectivity index (χ0v) is 14.5. The third-order valence-corrected chi connectivity index (χ3v) is 4.92. The molecular formula is C18H21ClN2OS. The van der Waals surface area contributed by atoms with E-state index >= 15 is 0 Å². The Balaban J connectivity index is 0.00000192. The first kappa shape index (κ1) is 17.9. The van der Waals surface area contributed by atoms with Crippen LogP contribution in [0.1, 0.15) is 23.2 Å². The maximum absolute atomic E-state index is 12.8. The Morgan fingerprint density at radius 1 is 1.09 bits per heavy atom. The summed E-state index contributed by atoms with van der Waals surface area (Å²) in [7, 11) is 0. The van der Waals surface area contributed by atoms with E-state index in [9.17, 15) is 4.79 Å². The van der Waals surface area contributed by atoms with Crippen LogP contribution >= 0.6 is 24.2 Å². The van der Waals surface area contributed by atoms with Crippen molar-refractivity contribution in [2.45, 2.75) is 28.7 Å². The van der Waals surface area contributed by atoms with Crippen molar-refractivity contribution in [2.24, 2.45) is 5.73 Å². The summed E-state index contributed by atoms with van der Waals surface area (Å²) in [6.07, 6.45) is 1.99. The third-order valence-electron chi connectivity index (χ3n) is 3.83. The quantitative estimate of drug-likeness (QED) is 0.917. The summed E-state index contributed by atoms with van der Waals surface area (Å²) in [5.41, 5.74) is 6.77. The van der Waals surface area contributed by atoms with Crippen molar-refractivity contribution in [2.75, 3.05) is 13.1 Å². The van der Waals surface area contributed by atoms with Crippen molar-refractivity contribution >= 4 is 30.1 Å². The highest BCUT2D eigenvalue weighted by molar-refractivity contribution is 7.99. The van der Waals surface area contributed by atoms with E-state index in [1.54, 1.807) is 11.8 Å². The van der Waals surface area contributed by atoms with Crippen LogP contribution < -0.4 is 5.73 Å². The molecule has 0 spiro atoms. The van der Waals surface area contributed by atoms with Crippen molar-refractivity contribution in [1.82, 2.24) is 4.90 Å². The van der Waals surface area contributed by atoms with Crippen molar-refractivity contribution in [3.8, 4) is 0 Å². The zero-order valence-electron chi connectivity index (χ0n) is 12.9. The summed E-state index contributed by atoms with van der Waals surface area (Å²) in [4.78, 5) is 16.8. The summed E-state index contributed by atoms with van der Waals surface area (Å²) in [6.45, 7) is 1.46. The Labute approximate surface area is 147 Å². The number of benzene rings is 2. The minimum atomic E-state index is 0. The van der Waals surface area contributed by atoms with Gasteiger partial charge in [-0.25, -0.2) is 0 Å². The maximum Gasteiger partial charge on any atom is 0.255 e. The van der Waals surface area contributed by atoms with Gasteiger partial charge in [-0.1, -0.05) is 42.1 Å². The average molecular weight is 349 g/mol. The SMILES string of the molecule is Cl.NC1CCCN(C(=O)c2ccccc2Sc2ccccc2)C1. The van der Waals surface area contributed by atoms with Gasteiger partial charge in [0.25, 0.3) is 5.91 Å². The van der Waals surface area contributed by atoms with E-state index in [1.807, 2.05) is 47.4 Å². The molecule has 3 nitrogen and oxygen atoms in total. The van der Waals surface area contributed by atoms with Gasteiger partial charge in [0.05, 0.1) is 5.56 Å². The molecule has 1 fully saturated rings. The summed E-state index contributed by atoms with van der Waals surface area (Å²) in [5, 5.41) is 0. The highest BCUT2D eigenvalue weighted by Gasteiger charge is 2.24. The normalized spacial score (nSPS) is 17.4. The molecule has 2 aromatic carbocycles. The van der Waals surface area contributed by atoms with Crippen LogP contribution in [0.25, 0.3) is 0 Å². The number of halogens is 1. The van der Waals surface area contributed by atoms with Crippen LogP contribution in [-0.2, 0) is 0 Å². The smallest absolute Gasteiger partial charge is 0.255 e. The van der Waals surface area contributed by atoms with Gasteiger partial charge in [0.2, 0.25) is 0 Å². The first-order chi connectivity index (χ1) is 10.7. The molecule has 5 heteroatoms. The molecular weight excluding hydrogens is 328 g/mol. The Morgan fingerprint density at radius 3 is 2.52 bits per heavy atom. The van der Waals surface area contributed by atoms with Crippen molar-refractivity contribution < 1.29 is 4.79 Å². The lowest BCUT2D eigenvalue weighted by Gasteiger charge is -2.31. The number of nitrogens with zero attached hydrogens (tertiary/aromatic N) is 1. The molecule has 23 heavy (non-hydrogen) atoms. The number of rotatable bonds is 3. The highest BCUT2D eigenvalue weighted by Crippen LogP contribution is 2.31. The predicted octanol–water partition coefficient (Wildman–Crippen LogP) is 3.82. The molecule has 1 aliphatic rings. The molecule has 1 aliphatic heterocycles. The van der Waals surface area contributed by atoms with Gasteiger partial charge < -0.3 is 10.6 Å². The molecule has 2 aromatic rings. The molecule has 1 heterocycles. The highest BCUT2D eigenvalue weighted by atomic mass is 35.5. The fourth-order valence-corrected chi connectivity index (χ4v) is 3.67. The van der Waals surface area contributed by atoms with Crippen molar-refractivity contribution in [1.29, 1.82) is 0 Å². The van der Waals surface area contributed by atoms with Gasteiger partial charge in [-0.05, 0) is 37.1 Å². The van der Waals surface area contributed by atoms with E-state index in [4.69, 9.17) is 5.73 Å². The van der Waals surface area contributed by atoms with Gasteiger partial charge >= 0.3 is 0 Å². The number of likely N-dealkylation sites (tertiary alicyclic amines) is 1. The van der Waals surface area contributed by atoms with E-state index in [2.05, 4.69) is 12.1 Å². The predicted molar refractivity (Wildman–Crippen MR) is 97.4 cm³/mol. The van der Waals surface area contributed by atoms with Crippen LogP contribution in [0.3, 0.4) is 0 Å². The Hall–Kier alpha value is -1.49. The summed E-state index contributed by atoms with van der Waals surface area (Å²) in [5.74, 6) is 0.0918. The lowest BCUT2D eigenvalue weighted by atomic mass is 10.1. The van der Waals surface area contributed by atoms with Gasteiger partial charge in [-0.3, -0.25) is 4.79 Å². The minimum Gasteiger partial charge on any atom is -0.337 e. The van der Waals surface area contributed by atoms with Gasteiger partial charge in [-0.15, -0.1) is 12.4 Å². The van der Waals surface area contributed by atoms with Gasteiger partial charge in [0.15, 0.2) is 0 Å². The number of carbonyl (C=O) groups excluding carboxylic acids is 1. The standard InChI is InChI=1S/C18H20N2OS.ClH/c19-14-7-6-12-20(13-14)18(21)16-10-4-5-11-17(16)22-15-8-2-1-3-9-15;/h1-5,8-11,14H,6-7,12-13,19H2;1H. The number of carbonyl (C=O) groups is 1. The zero-order chi connectivity index (χ0) is 15.4. The Kier molecular flexibility index (Phi) is 6.51. The monoisotopic (exact) mass is 348 g/mol. The molecule has 1 unspecified atom stereocenters. The maximum atomic E-state index is 12.8. The van der Waals surface area contributed by atoms with Crippen molar-refractivity contribution in [3.05, 3.63) is 60.2 Å². The largest absolute Gasteiger partial charge is 0.337 e. The molecule has 0 bridgehead atoms. The molecule has 1 atom stereocenters. The van der Waals surface area contributed by atoms with Gasteiger partial charge in [0.1, 0.15) is 0 Å². The molecule has 0 aliphatic carbocycles. The molecule has 122 valence electrons. The fraction of sp³-hybridized carbons (Fsp3) is 0.278. The molecule has 0 saturated carbocycles. The molecule has 1 amide bonds. The van der Waals surface area contributed by atoms with E-state index in [1.165, 1.54) is 0 Å². The van der Waals surface area contributed by atoms with Gasteiger partial charge in [-0.2, -0.15) is 0 Å². The summed E-state index contributed by atoms with van der Waals surface area (Å²) < 4.78 is 0. The summed E-state index contributed by atoms with van der Waals surface area (Å²) in [6, 6.07) is 18.1. The average Bonchev–Trinajstić information content (AvgIpc) is 2.56. The number of hydrogen-bond donors (Lipinski definition) is 1. The lowest BCUT2D eigenvalue weighted by Crippen LogP contribution is -2.45. The van der Waals surface area contributed by atoms with E-state index in [0.717, 1.165) is 34.7 Å². The minimum absolute atomic E-state index is 0. The second-order valence-electron chi connectivity index (χ2n) is 5.56. The van der Waals surface area contributed by atoms with E-state index < -0.39 is 0 Å². The van der Waals surface area contributed by atoms with Crippen LogP contribution in [0, 0.1) is 0 Å². The first-order valence-electron chi connectivity index (χ1n) is 7.61. The lowest BCUT2D eigenvalue weighted by molar-refractivity contribution is 0.0705. The molecule has 3 rings (SSSR count). The molecule has 2 N–H and O–H groups in total. The summed E-state index contributed by atoms with van der Waals surface area (Å²) >= 11 is 1.63. The Bertz CT molecular complexity index is 650. The van der Waals surface area contributed by atoms with Crippen LogP contribution in [0.15, 0.2) is 64.4 Å². The topological polar surface area (TPSA) is 46.3 Å². The second kappa shape index (κ2) is 8.39. The number of piperidine rings is 1. The van der Waals surface area contributed by atoms with Crippen molar-refractivity contribution in [3.63, 3.8) is 0 Å². The van der Waals surface area contributed by atoms with Crippen LogP contribution in [0.4, 0.5) is 0 Å².